The molecule has 3 nitrogen and oxygen atoms in total. The van der Waals surface area contributed by atoms with Crippen LogP contribution in [0.2, 0.25) is 0 Å². The smallest absolute Gasteiger partial charge is 0.282 e. The molecule has 0 unspecified atom stereocenters. The van der Waals surface area contributed by atoms with Gasteiger partial charge < -0.3 is 0 Å². The van der Waals surface area contributed by atoms with E-state index >= 15 is 0 Å². The highest BCUT2D eigenvalue weighted by atomic mass is 32.2. The van der Waals surface area contributed by atoms with Gasteiger partial charge in [-0.25, -0.2) is 0 Å². The Kier molecular flexibility index (Phi) is 3.41. The molecular formula is C14H16O3S. The Balaban J connectivity index is 2.86. The molecule has 18 heavy (non-hydrogen) atoms. The summed E-state index contributed by atoms with van der Waals surface area (Å²) in [6, 6.07) is 8.82. The second kappa shape index (κ2) is 4.71. The standard InChI is InChI=1S/C14H16O3S/c1-3-10-8-12-6-5-7-14(18(15,16)17)13(12)9-11(10)4-2/h5-9H,3-4H2,1-2H3,(H,15,16,17). The molecular weight excluding hydrogens is 248 g/mol. The quantitative estimate of drug-likeness (QED) is 0.866. The molecule has 0 aromatic heterocycles. The van der Waals surface area contributed by atoms with E-state index in [1.165, 1.54) is 11.6 Å². The van der Waals surface area contributed by atoms with Gasteiger partial charge in [-0.3, -0.25) is 4.55 Å². The Labute approximate surface area is 107 Å². The zero-order chi connectivity index (χ0) is 13.3. The molecule has 0 aliphatic heterocycles. The van der Waals surface area contributed by atoms with Gasteiger partial charge in [0.05, 0.1) is 0 Å². The normalized spacial score (nSPS) is 11.9. The fraction of sp³-hybridized carbons (Fsp3) is 0.286. The van der Waals surface area contributed by atoms with E-state index in [0.717, 1.165) is 23.8 Å². The van der Waals surface area contributed by atoms with Gasteiger partial charge in [-0.1, -0.05) is 32.0 Å². The van der Waals surface area contributed by atoms with Gasteiger partial charge in [-0.15, -0.1) is 0 Å². The predicted molar refractivity (Wildman–Crippen MR) is 72.5 cm³/mol. The van der Waals surface area contributed by atoms with Gasteiger partial charge in [-0.2, -0.15) is 8.42 Å². The second-order valence-corrected chi connectivity index (χ2v) is 5.67. The minimum absolute atomic E-state index is 0.0163. The van der Waals surface area contributed by atoms with Crippen molar-refractivity contribution in [1.82, 2.24) is 0 Å². The summed E-state index contributed by atoms with van der Waals surface area (Å²) in [5.74, 6) is 0. The van der Waals surface area contributed by atoms with Gasteiger partial charge in [0.15, 0.2) is 0 Å². The van der Waals surface area contributed by atoms with Crippen molar-refractivity contribution in [3.05, 3.63) is 41.5 Å². The van der Waals surface area contributed by atoms with Gasteiger partial charge in [-0.05, 0) is 41.5 Å². The van der Waals surface area contributed by atoms with Crippen LogP contribution in [0.25, 0.3) is 10.8 Å². The van der Waals surface area contributed by atoms with Crippen molar-refractivity contribution in [2.45, 2.75) is 31.6 Å². The number of hydrogen-bond acceptors (Lipinski definition) is 2. The maximum absolute atomic E-state index is 11.4. The molecule has 2 aromatic carbocycles. The number of benzene rings is 2. The van der Waals surface area contributed by atoms with Crippen molar-refractivity contribution >= 4 is 20.9 Å². The molecule has 0 aliphatic rings. The molecule has 0 amide bonds. The Bertz CT molecular complexity index is 687. The van der Waals surface area contributed by atoms with Crippen molar-refractivity contribution in [2.24, 2.45) is 0 Å². The van der Waals surface area contributed by atoms with E-state index in [-0.39, 0.29) is 4.90 Å². The first-order valence-corrected chi connectivity index (χ1v) is 7.43. The van der Waals surface area contributed by atoms with Crippen LogP contribution >= 0.6 is 0 Å². The van der Waals surface area contributed by atoms with Gasteiger partial charge in [0.2, 0.25) is 0 Å². The van der Waals surface area contributed by atoms with Gasteiger partial charge in [0, 0.05) is 5.39 Å². The van der Waals surface area contributed by atoms with Crippen LogP contribution in [-0.4, -0.2) is 13.0 Å². The Morgan fingerprint density at radius 2 is 1.67 bits per heavy atom. The lowest BCUT2D eigenvalue weighted by molar-refractivity contribution is 0.484. The maximum atomic E-state index is 11.4. The third kappa shape index (κ3) is 2.26. The average Bonchev–Trinajstić information content (AvgIpc) is 2.35. The first kappa shape index (κ1) is 13.1. The lowest BCUT2D eigenvalue weighted by Crippen LogP contribution is -2.00. The highest BCUT2D eigenvalue weighted by Crippen LogP contribution is 2.27. The third-order valence-electron chi connectivity index (χ3n) is 3.20. The van der Waals surface area contributed by atoms with Crippen molar-refractivity contribution in [2.75, 3.05) is 0 Å². The van der Waals surface area contributed by atoms with Crippen LogP contribution in [0.3, 0.4) is 0 Å². The molecule has 2 aromatic rings. The predicted octanol–water partition coefficient (Wildman–Crippen LogP) is 3.21. The van der Waals surface area contributed by atoms with Crippen LogP contribution in [0.15, 0.2) is 35.2 Å². The lowest BCUT2D eigenvalue weighted by atomic mass is 9.98. The van der Waals surface area contributed by atoms with E-state index in [9.17, 15) is 13.0 Å². The maximum Gasteiger partial charge on any atom is 0.295 e. The summed E-state index contributed by atoms with van der Waals surface area (Å²) in [5, 5.41) is 1.44. The number of fused-ring (bicyclic) bond motifs is 1. The molecule has 96 valence electrons. The summed E-state index contributed by atoms with van der Waals surface area (Å²) in [7, 11) is -4.17. The Morgan fingerprint density at radius 1 is 1.06 bits per heavy atom. The molecule has 0 fully saturated rings. The molecule has 0 radical (unpaired) electrons. The van der Waals surface area contributed by atoms with Gasteiger partial charge >= 0.3 is 0 Å². The lowest BCUT2D eigenvalue weighted by Gasteiger charge is -2.10. The van der Waals surface area contributed by atoms with E-state index < -0.39 is 10.1 Å². The molecule has 0 spiro atoms. The molecule has 1 N–H and O–H groups in total. The second-order valence-electron chi connectivity index (χ2n) is 4.28. The monoisotopic (exact) mass is 264 g/mol. The molecule has 0 bridgehead atoms. The van der Waals surface area contributed by atoms with E-state index in [1.54, 1.807) is 6.07 Å². The highest BCUT2D eigenvalue weighted by molar-refractivity contribution is 7.86. The zero-order valence-electron chi connectivity index (χ0n) is 10.5. The van der Waals surface area contributed by atoms with Crippen molar-refractivity contribution in [3.8, 4) is 0 Å². The summed E-state index contributed by atoms with van der Waals surface area (Å²) in [4.78, 5) is -0.0163. The van der Waals surface area contributed by atoms with E-state index in [1.807, 2.05) is 25.1 Å². The van der Waals surface area contributed by atoms with Crippen LogP contribution in [0, 0.1) is 0 Å². The molecule has 4 heteroatoms. The largest absolute Gasteiger partial charge is 0.295 e. The average molecular weight is 264 g/mol. The zero-order valence-corrected chi connectivity index (χ0v) is 11.3. The number of rotatable bonds is 3. The van der Waals surface area contributed by atoms with E-state index in [2.05, 4.69) is 6.92 Å². The minimum atomic E-state index is -4.17. The molecule has 0 atom stereocenters. The third-order valence-corrected chi connectivity index (χ3v) is 4.11. The van der Waals surface area contributed by atoms with Crippen LogP contribution in [0.1, 0.15) is 25.0 Å². The SMILES string of the molecule is CCc1cc2cccc(S(=O)(=O)O)c2cc1CC. The Hall–Kier alpha value is -1.39. The Morgan fingerprint density at radius 3 is 2.22 bits per heavy atom. The summed E-state index contributed by atoms with van der Waals surface area (Å²) in [6.45, 7) is 4.11. The topological polar surface area (TPSA) is 54.4 Å². The minimum Gasteiger partial charge on any atom is -0.282 e. The van der Waals surface area contributed by atoms with Crippen molar-refractivity contribution in [3.63, 3.8) is 0 Å². The van der Waals surface area contributed by atoms with Crippen LogP contribution in [0.5, 0.6) is 0 Å². The molecule has 0 aliphatic carbocycles. The fourth-order valence-corrected chi connectivity index (χ4v) is 2.98. The van der Waals surface area contributed by atoms with E-state index in [0.29, 0.717) is 5.39 Å². The summed E-state index contributed by atoms with van der Waals surface area (Å²) >= 11 is 0. The molecule has 0 saturated carbocycles. The van der Waals surface area contributed by atoms with Crippen LogP contribution in [0.4, 0.5) is 0 Å². The van der Waals surface area contributed by atoms with Gasteiger partial charge in [0.1, 0.15) is 4.90 Å². The van der Waals surface area contributed by atoms with E-state index in [4.69, 9.17) is 0 Å². The van der Waals surface area contributed by atoms with Crippen molar-refractivity contribution in [1.29, 1.82) is 0 Å². The van der Waals surface area contributed by atoms with Gasteiger partial charge in [0.25, 0.3) is 10.1 Å². The fourth-order valence-electron chi connectivity index (χ4n) is 2.27. The highest BCUT2D eigenvalue weighted by Gasteiger charge is 2.14. The number of hydrogen-bond donors (Lipinski definition) is 1. The van der Waals surface area contributed by atoms with Crippen LogP contribution < -0.4 is 0 Å². The summed E-state index contributed by atoms with van der Waals surface area (Å²) in [5.41, 5.74) is 2.35. The van der Waals surface area contributed by atoms with Crippen molar-refractivity contribution < 1.29 is 13.0 Å². The first-order chi connectivity index (χ1) is 8.47. The first-order valence-electron chi connectivity index (χ1n) is 5.99. The van der Waals surface area contributed by atoms with Crippen LogP contribution in [-0.2, 0) is 23.0 Å². The summed E-state index contributed by atoms with van der Waals surface area (Å²) < 4.78 is 32.0. The molecule has 2 rings (SSSR count). The molecule has 0 saturated heterocycles. The molecule has 0 heterocycles. The summed E-state index contributed by atoms with van der Waals surface area (Å²) in [6.07, 6.45) is 1.76. The number of aryl methyl sites for hydroxylation is 2.